The molecule has 0 aliphatic carbocycles. The van der Waals surface area contributed by atoms with E-state index in [1.807, 2.05) is 12.1 Å². The molecule has 0 bridgehead atoms. The van der Waals surface area contributed by atoms with Crippen LogP contribution >= 0.6 is 34.2 Å². The van der Waals surface area contributed by atoms with E-state index in [1.165, 1.54) is 0 Å². The third-order valence-electron chi connectivity index (χ3n) is 2.78. The maximum atomic E-state index is 12.0. The largest absolute Gasteiger partial charge is 0.462 e. The number of hydrogen-bond acceptors (Lipinski definition) is 4. The SMILES string of the molecule is CCOC(=O)c1cccc(N)c1Nc1ccc(Cl)cc1I. The molecule has 0 aliphatic heterocycles. The number of carbonyl (C=O) groups excluding carboxylic acids is 1. The summed E-state index contributed by atoms with van der Waals surface area (Å²) in [5, 5.41) is 3.83. The van der Waals surface area contributed by atoms with Crippen molar-refractivity contribution >= 4 is 57.2 Å². The fourth-order valence-corrected chi connectivity index (χ4v) is 2.82. The van der Waals surface area contributed by atoms with E-state index in [0.29, 0.717) is 28.6 Å². The lowest BCUT2D eigenvalue weighted by molar-refractivity contribution is 0.0527. The first-order chi connectivity index (χ1) is 10.0. The monoisotopic (exact) mass is 416 g/mol. The molecule has 0 unspecified atom stereocenters. The Morgan fingerprint density at radius 2 is 2.14 bits per heavy atom. The molecule has 4 nitrogen and oxygen atoms in total. The van der Waals surface area contributed by atoms with Gasteiger partial charge in [-0.3, -0.25) is 0 Å². The van der Waals surface area contributed by atoms with Crippen molar-refractivity contribution < 1.29 is 9.53 Å². The van der Waals surface area contributed by atoms with Gasteiger partial charge in [-0.25, -0.2) is 4.79 Å². The molecule has 0 aromatic heterocycles. The lowest BCUT2D eigenvalue weighted by atomic mass is 10.1. The maximum absolute atomic E-state index is 12.0. The van der Waals surface area contributed by atoms with Gasteiger partial charge >= 0.3 is 5.97 Å². The summed E-state index contributed by atoms with van der Waals surface area (Å²) in [5.41, 5.74) is 8.23. The molecular weight excluding hydrogens is 403 g/mol. The lowest BCUT2D eigenvalue weighted by Gasteiger charge is -2.15. The third kappa shape index (κ3) is 3.79. The smallest absolute Gasteiger partial charge is 0.340 e. The molecule has 0 atom stereocenters. The first kappa shape index (κ1) is 15.9. The topological polar surface area (TPSA) is 64.3 Å². The van der Waals surface area contributed by atoms with Gasteiger partial charge in [-0.05, 0) is 59.8 Å². The summed E-state index contributed by atoms with van der Waals surface area (Å²) in [5.74, 6) is -0.406. The van der Waals surface area contributed by atoms with Crippen LogP contribution in [-0.4, -0.2) is 12.6 Å². The Labute approximate surface area is 141 Å². The van der Waals surface area contributed by atoms with E-state index >= 15 is 0 Å². The highest BCUT2D eigenvalue weighted by atomic mass is 127. The van der Waals surface area contributed by atoms with E-state index in [9.17, 15) is 4.79 Å². The average Bonchev–Trinajstić information content (AvgIpc) is 2.43. The van der Waals surface area contributed by atoms with Crippen LogP contribution in [0.2, 0.25) is 5.02 Å². The summed E-state index contributed by atoms with van der Waals surface area (Å²) < 4.78 is 5.98. The predicted octanol–water partition coefficient (Wildman–Crippen LogP) is 4.45. The van der Waals surface area contributed by atoms with Crippen molar-refractivity contribution in [3.05, 3.63) is 50.6 Å². The molecular formula is C15H14ClIN2O2. The quantitative estimate of drug-likeness (QED) is 0.439. The second-order valence-electron chi connectivity index (χ2n) is 4.24. The number of halogens is 2. The Bertz CT molecular complexity index is 677. The molecule has 0 saturated carbocycles. The lowest BCUT2D eigenvalue weighted by Crippen LogP contribution is -2.10. The van der Waals surface area contributed by atoms with Gasteiger partial charge in [0.1, 0.15) is 0 Å². The van der Waals surface area contributed by atoms with Crippen LogP contribution < -0.4 is 11.1 Å². The molecule has 2 aromatic rings. The second-order valence-corrected chi connectivity index (χ2v) is 5.84. The Balaban J connectivity index is 2.41. The number of ether oxygens (including phenoxy) is 1. The third-order valence-corrected chi connectivity index (χ3v) is 3.91. The van der Waals surface area contributed by atoms with Crippen molar-refractivity contribution in [1.29, 1.82) is 0 Å². The summed E-state index contributed by atoms with van der Waals surface area (Å²) in [6.45, 7) is 2.07. The minimum atomic E-state index is -0.406. The molecule has 0 fully saturated rings. The average molecular weight is 417 g/mol. The van der Waals surface area contributed by atoms with Crippen LogP contribution in [0.1, 0.15) is 17.3 Å². The predicted molar refractivity (Wildman–Crippen MR) is 94.3 cm³/mol. The number of para-hydroxylation sites is 1. The summed E-state index contributed by atoms with van der Waals surface area (Å²) in [4.78, 5) is 12.0. The molecule has 21 heavy (non-hydrogen) atoms. The van der Waals surface area contributed by atoms with E-state index < -0.39 is 5.97 Å². The molecule has 2 aromatic carbocycles. The highest BCUT2D eigenvalue weighted by Gasteiger charge is 2.15. The zero-order chi connectivity index (χ0) is 15.4. The maximum Gasteiger partial charge on any atom is 0.340 e. The number of anilines is 3. The number of nitrogen functional groups attached to an aromatic ring is 1. The Kier molecular flexibility index (Phi) is 5.30. The number of esters is 1. The number of nitrogens with one attached hydrogen (secondary N) is 1. The highest BCUT2D eigenvalue weighted by molar-refractivity contribution is 14.1. The molecule has 0 heterocycles. The van der Waals surface area contributed by atoms with Crippen LogP contribution in [0.4, 0.5) is 17.1 Å². The molecule has 0 amide bonds. The van der Waals surface area contributed by atoms with Gasteiger partial charge < -0.3 is 15.8 Å². The van der Waals surface area contributed by atoms with Gasteiger partial charge in [0.2, 0.25) is 0 Å². The van der Waals surface area contributed by atoms with Crippen molar-refractivity contribution in [2.75, 3.05) is 17.7 Å². The van der Waals surface area contributed by atoms with Crippen LogP contribution in [0.15, 0.2) is 36.4 Å². The van der Waals surface area contributed by atoms with Crippen LogP contribution in [-0.2, 0) is 4.74 Å². The fraction of sp³-hybridized carbons (Fsp3) is 0.133. The molecule has 0 spiro atoms. The first-order valence-corrected chi connectivity index (χ1v) is 7.76. The van der Waals surface area contributed by atoms with Gasteiger partial charge in [0.05, 0.1) is 29.2 Å². The van der Waals surface area contributed by atoms with Crippen molar-refractivity contribution in [2.24, 2.45) is 0 Å². The number of carbonyl (C=O) groups is 1. The van der Waals surface area contributed by atoms with Crippen LogP contribution in [0.3, 0.4) is 0 Å². The Morgan fingerprint density at radius 3 is 2.81 bits per heavy atom. The zero-order valence-corrected chi connectivity index (χ0v) is 14.2. The molecule has 0 radical (unpaired) electrons. The number of benzene rings is 2. The minimum Gasteiger partial charge on any atom is -0.462 e. The number of hydrogen-bond donors (Lipinski definition) is 2. The van der Waals surface area contributed by atoms with E-state index in [0.717, 1.165) is 9.26 Å². The van der Waals surface area contributed by atoms with E-state index in [1.54, 1.807) is 31.2 Å². The zero-order valence-electron chi connectivity index (χ0n) is 11.3. The molecule has 6 heteroatoms. The summed E-state index contributed by atoms with van der Waals surface area (Å²) in [6, 6.07) is 10.6. The molecule has 2 rings (SSSR count). The minimum absolute atomic E-state index is 0.311. The Hall–Kier alpha value is -1.47. The summed E-state index contributed by atoms with van der Waals surface area (Å²) in [7, 11) is 0. The summed E-state index contributed by atoms with van der Waals surface area (Å²) >= 11 is 8.11. The second kappa shape index (κ2) is 7.00. The van der Waals surface area contributed by atoms with Gasteiger partial charge in [-0.1, -0.05) is 17.7 Å². The van der Waals surface area contributed by atoms with Gasteiger partial charge in [0.15, 0.2) is 0 Å². The normalized spacial score (nSPS) is 10.2. The van der Waals surface area contributed by atoms with Gasteiger partial charge in [-0.2, -0.15) is 0 Å². The van der Waals surface area contributed by atoms with Crippen LogP contribution in [0.25, 0.3) is 0 Å². The van der Waals surface area contributed by atoms with Gasteiger partial charge in [-0.15, -0.1) is 0 Å². The van der Waals surface area contributed by atoms with Gasteiger partial charge in [0, 0.05) is 8.59 Å². The molecule has 0 saturated heterocycles. The van der Waals surface area contributed by atoms with Crippen LogP contribution in [0, 0.1) is 3.57 Å². The van der Waals surface area contributed by atoms with Crippen molar-refractivity contribution in [2.45, 2.75) is 6.92 Å². The molecule has 110 valence electrons. The summed E-state index contributed by atoms with van der Waals surface area (Å²) in [6.07, 6.45) is 0. The highest BCUT2D eigenvalue weighted by Crippen LogP contribution is 2.31. The van der Waals surface area contributed by atoms with Gasteiger partial charge in [0.25, 0.3) is 0 Å². The van der Waals surface area contributed by atoms with E-state index in [2.05, 4.69) is 27.9 Å². The van der Waals surface area contributed by atoms with Crippen molar-refractivity contribution in [1.82, 2.24) is 0 Å². The van der Waals surface area contributed by atoms with E-state index in [-0.39, 0.29) is 0 Å². The van der Waals surface area contributed by atoms with Crippen molar-refractivity contribution in [3.63, 3.8) is 0 Å². The first-order valence-electron chi connectivity index (χ1n) is 6.30. The molecule has 0 aliphatic rings. The van der Waals surface area contributed by atoms with Crippen LogP contribution in [0.5, 0.6) is 0 Å². The fourth-order valence-electron chi connectivity index (χ4n) is 1.81. The Morgan fingerprint density at radius 1 is 1.38 bits per heavy atom. The number of nitrogens with two attached hydrogens (primary N) is 1. The van der Waals surface area contributed by atoms with E-state index in [4.69, 9.17) is 22.1 Å². The van der Waals surface area contributed by atoms with Crippen molar-refractivity contribution in [3.8, 4) is 0 Å². The molecule has 3 N–H and O–H groups in total. The number of rotatable bonds is 4. The standard InChI is InChI=1S/C15H14ClIN2O2/c1-2-21-15(20)10-4-3-5-12(18)14(10)19-13-7-6-9(16)8-11(13)17/h3-8,19H,2,18H2,1H3.